The van der Waals surface area contributed by atoms with Crippen LogP contribution in [-0.2, 0) is 11.3 Å². The van der Waals surface area contributed by atoms with Crippen molar-refractivity contribution >= 4 is 17.6 Å². The fourth-order valence-corrected chi connectivity index (χ4v) is 3.04. The molecule has 1 N–H and O–H groups in total. The molecule has 1 heterocycles. The van der Waals surface area contributed by atoms with Crippen LogP contribution in [0.25, 0.3) is 0 Å². The van der Waals surface area contributed by atoms with Crippen molar-refractivity contribution in [3.8, 4) is 0 Å². The summed E-state index contributed by atoms with van der Waals surface area (Å²) in [7, 11) is 0. The van der Waals surface area contributed by atoms with Gasteiger partial charge in [0.25, 0.3) is 5.91 Å². The number of esters is 1. The first-order chi connectivity index (χ1) is 13.8. The number of ether oxygens (including phenoxy) is 1. The number of carbonyl (C=O) groups is 2. The molecule has 0 aliphatic rings. The highest BCUT2D eigenvalue weighted by molar-refractivity contribution is 6.04. The van der Waals surface area contributed by atoms with Crippen LogP contribution in [0.2, 0.25) is 0 Å². The number of amides is 1. The first kappa shape index (κ1) is 20.1. The number of hydrogen-bond acceptors (Lipinski definition) is 5. The number of anilines is 1. The summed E-state index contributed by atoms with van der Waals surface area (Å²) in [5.41, 5.74) is 4.00. The summed E-state index contributed by atoms with van der Waals surface area (Å²) in [6, 6.07) is 9.12. The molecule has 0 spiro atoms. The van der Waals surface area contributed by atoms with Crippen LogP contribution in [0.5, 0.6) is 0 Å². The molecule has 0 unspecified atom stereocenters. The van der Waals surface area contributed by atoms with Gasteiger partial charge in [-0.2, -0.15) is 0 Å². The van der Waals surface area contributed by atoms with E-state index >= 15 is 0 Å². The summed E-state index contributed by atoms with van der Waals surface area (Å²) in [5, 5.41) is 2.86. The molecule has 0 radical (unpaired) electrons. The molecule has 148 valence electrons. The van der Waals surface area contributed by atoms with E-state index in [2.05, 4.69) is 15.3 Å². The Morgan fingerprint density at radius 3 is 2.41 bits per heavy atom. The Kier molecular flexibility index (Phi) is 5.97. The largest absolute Gasteiger partial charge is 0.455 e. The average molecular weight is 393 g/mol. The zero-order valence-electron chi connectivity index (χ0n) is 16.3. The van der Waals surface area contributed by atoms with Gasteiger partial charge in [-0.3, -0.25) is 9.78 Å². The Balaban J connectivity index is 1.77. The van der Waals surface area contributed by atoms with Crippen molar-refractivity contribution in [3.63, 3.8) is 0 Å². The Bertz CT molecular complexity index is 1060. The smallest absolute Gasteiger partial charge is 0.338 e. The molecule has 7 heteroatoms. The highest BCUT2D eigenvalue weighted by Gasteiger charge is 2.18. The molecule has 0 fully saturated rings. The SMILES string of the molecule is Cc1cc(C)c(NC(=O)c2nccnc2COC(=O)c2cccc(F)c2)c(C)c1. The molecule has 0 atom stereocenters. The van der Waals surface area contributed by atoms with Crippen molar-refractivity contribution in [3.05, 3.63) is 88.3 Å². The van der Waals surface area contributed by atoms with Gasteiger partial charge in [-0.15, -0.1) is 0 Å². The molecule has 1 aromatic heterocycles. The number of nitrogens with zero attached hydrogens (tertiary/aromatic N) is 2. The lowest BCUT2D eigenvalue weighted by Gasteiger charge is -2.14. The van der Waals surface area contributed by atoms with Gasteiger partial charge in [0.1, 0.15) is 18.1 Å². The zero-order chi connectivity index (χ0) is 21.0. The minimum absolute atomic E-state index is 0.0546. The van der Waals surface area contributed by atoms with Crippen LogP contribution in [0.3, 0.4) is 0 Å². The summed E-state index contributed by atoms with van der Waals surface area (Å²) < 4.78 is 18.5. The molecule has 3 rings (SSSR count). The van der Waals surface area contributed by atoms with Gasteiger partial charge in [-0.1, -0.05) is 23.8 Å². The third kappa shape index (κ3) is 4.82. The van der Waals surface area contributed by atoms with Crippen LogP contribution in [-0.4, -0.2) is 21.8 Å². The fraction of sp³-hybridized carbons (Fsp3) is 0.182. The second-order valence-corrected chi connectivity index (χ2v) is 6.67. The first-order valence-electron chi connectivity index (χ1n) is 8.97. The highest BCUT2D eigenvalue weighted by Crippen LogP contribution is 2.22. The predicted molar refractivity (Wildman–Crippen MR) is 106 cm³/mol. The summed E-state index contributed by atoms with van der Waals surface area (Å²) in [6.07, 6.45) is 2.80. The van der Waals surface area contributed by atoms with E-state index in [1.54, 1.807) is 0 Å². The maximum absolute atomic E-state index is 13.3. The molecule has 0 aliphatic carbocycles. The topological polar surface area (TPSA) is 81.2 Å². The van der Waals surface area contributed by atoms with Gasteiger partial charge < -0.3 is 10.1 Å². The maximum Gasteiger partial charge on any atom is 0.338 e. The monoisotopic (exact) mass is 393 g/mol. The van der Waals surface area contributed by atoms with Crippen molar-refractivity contribution in [1.29, 1.82) is 0 Å². The second kappa shape index (κ2) is 8.60. The number of benzene rings is 2. The molecule has 29 heavy (non-hydrogen) atoms. The van der Waals surface area contributed by atoms with E-state index in [4.69, 9.17) is 4.74 Å². The minimum atomic E-state index is -0.716. The van der Waals surface area contributed by atoms with Crippen LogP contribution < -0.4 is 5.32 Å². The molecule has 1 amide bonds. The van der Waals surface area contributed by atoms with E-state index in [-0.39, 0.29) is 23.6 Å². The van der Waals surface area contributed by atoms with Crippen LogP contribution in [0.15, 0.2) is 48.8 Å². The summed E-state index contributed by atoms with van der Waals surface area (Å²) >= 11 is 0. The summed E-state index contributed by atoms with van der Waals surface area (Å²) in [6.45, 7) is 5.54. The summed E-state index contributed by atoms with van der Waals surface area (Å²) in [4.78, 5) is 33.1. The molecule has 0 saturated carbocycles. The molecule has 0 bridgehead atoms. The van der Waals surface area contributed by atoms with Crippen LogP contribution in [0.1, 0.15) is 43.2 Å². The van der Waals surface area contributed by atoms with Gasteiger partial charge in [-0.25, -0.2) is 14.2 Å². The lowest BCUT2D eigenvalue weighted by molar-refractivity contribution is 0.0464. The maximum atomic E-state index is 13.3. The highest BCUT2D eigenvalue weighted by atomic mass is 19.1. The Morgan fingerprint density at radius 2 is 1.72 bits per heavy atom. The molecular weight excluding hydrogens is 373 g/mol. The molecule has 0 saturated heterocycles. The number of halogens is 1. The Morgan fingerprint density at radius 1 is 1.03 bits per heavy atom. The number of aryl methyl sites for hydroxylation is 3. The summed E-state index contributed by atoms with van der Waals surface area (Å²) in [5.74, 6) is -1.71. The molecule has 3 aromatic rings. The van der Waals surface area contributed by atoms with Crippen molar-refractivity contribution in [2.75, 3.05) is 5.32 Å². The molecule has 6 nitrogen and oxygen atoms in total. The number of nitrogens with one attached hydrogen (secondary N) is 1. The molecule has 0 aliphatic heterocycles. The number of hydrogen-bond donors (Lipinski definition) is 1. The first-order valence-corrected chi connectivity index (χ1v) is 8.97. The quantitative estimate of drug-likeness (QED) is 0.659. The van der Waals surface area contributed by atoms with Gasteiger partial charge in [0.15, 0.2) is 5.69 Å². The van der Waals surface area contributed by atoms with E-state index in [0.29, 0.717) is 5.69 Å². The van der Waals surface area contributed by atoms with Crippen molar-refractivity contribution in [2.24, 2.45) is 0 Å². The van der Waals surface area contributed by atoms with Crippen molar-refractivity contribution in [2.45, 2.75) is 27.4 Å². The number of carbonyl (C=O) groups excluding carboxylic acids is 2. The minimum Gasteiger partial charge on any atom is -0.455 e. The van der Waals surface area contributed by atoms with E-state index in [1.807, 2.05) is 32.9 Å². The van der Waals surface area contributed by atoms with Gasteiger partial charge in [0.05, 0.1) is 5.56 Å². The third-order valence-electron chi connectivity index (χ3n) is 4.30. The van der Waals surface area contributed by atoms with Gasteiger partial charge in [0.2, 0.25) is 0 Å². The Hall–Kier alpha value is -3.61. The third-order valence-corrected chi connectivity index (χ3v) is 4.30. The molecule has 2 aromatic carbocycles. The average Bonchev–Trinajstić information content (AvgIpc) is 2.69. The Labute approximate surface area is 167 Å². The second-order valence-electron chi connectivity index (χ2n) is 6.67. The number of aromatic nitrogens is 2. The normalized spacial score (nSPS) is 10.5. The van der Waals surface area contributed by atoms with E-state index in [0.717, 1.165) is 22.8 Å². The predicted octanol–water partition coefficient (Wildman–Crippen LogP) is 4.15. The van der Waals surface area contributed by atoms with E-state index in [9.17, 15) is 14.0 Å². The standard InChI is InChI=1S/C22H20FN3O3/c1-13-9-14(2)19(15(3)10-13)26-21(27)20-18(24-7-8-25-20)12-29-22(28)16-5-4-6-17(23)11-16/h4-11H,12H2,1-3H3,(H,26,27). The molecular formula is C22H20FN3O3. The van der Waals surface area contributed by atoms with Crippen LogP contribution in [0.4, 0.5) is 10.1 Å². The van der Waals surface area contributed by atoms with Crippen molar-refractivity contribution in [1.82, 2.24) is 9.97 Å². The van der Waals surface area contributed by atoms with E-state index in [1.165, 1.54) is 30.6 Å². The van der Waals surface area contributed by atoms with Crippen LogP contribution >= 0.6 is 0 Å². The van der Waals surface area contributed by atoms with Gasteiger partial charge >= 0.3 is 5.97 Å². The van der Waals surface area contributed by atoms with Crippen molar-refractivity contribution < 1.29 is 18.7 Å². The number of rotatable bonds is 5. The fourth-order valence-electron chi connectivity index (χ4n) is 3.04. The van der Waals surface area contributed by atoms with E-state index < -0.39 is 17.7 Å². The van der Waals surface area contributed by atoms with Gasteiger partial charge in [-0.05, 0) is 50.1 Å². The van der Waals surface area contributed by atoms with Crippen LogP contribution in [0, 0.1) is 26.6 Å². The zero-order valence-corrected chi connectivity index (χ0v) is 16.3. The lowest BCUT2D eigenvalue weighted by atomic mass is 10.0. The van der Waals surface area contributed by atoms with Gasteiger partial charge in [0, 0.05) is 18.1 Å². The lowest BCUT2D eigenvalue weighted by Crippen LogP contribution is -2.19.